The maximum atomic E-state index is 11.3. The zero-order chi connectivity index (χ0) is 17.4. The molecule has 1 amide bonds. The van der Waals surface area contributed by atoms with Crippen molar-refractivity contribution in [2.45, 2.75) is 25.3 Å². The standard InChI is InChI=1S/C16H16IN7O/c17-10-2-1-3-12(7-10)24-15-13(22-23-24)8-19-16(21-15)20-11-5-4-9(6-11)14(18)25/h1-3,7-9,11H,4-6H2,(H2,18,25)(H,19,20,21)/t9-,11-/m1/s1. The lowest BCUT2D eigenvalue weighted by Gasteiger charge is -2.12. The van der Waals surface area contributed by atoms with E-state index in [1.807, 2.05) is 24.3 Å². The number of primary amides is 1. The Balaban J connectivity index is 1.62. The van der Waals surface area contributed by atoms with E-state index in [0.29, 0.717) is 23.5 Å². The molecule has 1 fully saturated rings. The lowest BCUT2D eigenvalue weighted by Crippen LogP contribution is -2.23. The summed E-state index contributed by atoms with van der Waals surface area (Å²) in [6.45, 7) is 0. The number of halogens is 1. The molecule has 25 heavy (non-hydrogen) atoms. The number of carbonyl (C=O) groups excluding carboxylic acids is 1. The smallest absolute Gasteiger partial charge is 0.225 e. The van der Waals surface area contributed by atoms with Crippen LogP contribution in [0, 0.1) is 9.49 Å². The molecule has 2 heterocycles. The number of aromatic nitrogens is 5. The van der Waals surface area contributed by atoms with Gasteiger partial charge in [-0.1, -0.05) is 11.3 Å². The van der Waals surface area contributed by atoms with Crippen LogP contribution in [0.2, 0.25) is 0 Å². The van der Waals surface area contributed by atoms with E-state index in [-0.39, 0.29) is 17.9 Å². The molecule has 128 valence electrons. The molecular formula is C16H16IN7O. The highest BCUT2D eigenvalue weighted by Gasteiger charge is 2.28. The van der Waals surface area contributed by atoms with Crippen molar-refractivity contribution in [3.05, 3.63) is 34.0 Å². The van der Waals surface area contributed by atoms with Crippen molar-refractivity contribution in [1.82, 2.24) is 25.0 Å². The van der Waals surface area contributed by atoms with Gasteiger partial charge in [-0.2, -0.15) is 9.67 Å². The zero-order valence-corrected chi connectivity index (χ0v) is 15.4. The zero-order valence-electron chi connectivity index (χ0n) is 13.3. The Morgan fingerprint density at radius 1 is 1.36 bits per heavy atom. The van der Waals surface area contributed by atoms with Gasteiger partial charge in [-0.15, -0.1) is 5.10 Å². The van der Waals surface area contributed by atoms with Gasteiger partial charge in [0.05, 0.1) is 11.9 Å². The molecule has 2 aromatic heterocycles. The minimum absolute atomic E-state index is 0.0696. The highest BCUT2D eigenvalue weighted by Crippen LogP contribution is 2.27. The van der Waals surface area contributed by atoms with Crippen LogP contribution in [0.5, 0.6) is 0 Å². The van der Waals surface area contributed by atoms with Crippen LogP contribution in [0.1, 0.15) is 19.3 Å². The van der Waals surface area contributed by atoms with Gasteiger partial charge in [-0.05, 0) is 60.1 Å². The summed E-state index contributed by atoms with van der Waals surface area (Å²) in [6.07, 6.45) is 4.05. The van der Waals surface area contributed by atoms with E-state index in [1.165, 1.54) is 0 Å². The Morgan fingerprint density at radius 2 is 2.24 bits per heavy atom. The maximum Gasteiger partial charge on any atom is 0.225 e. The maximum absolute atomic E-state index is 11.3. The highest BCUT2D eigenvalue weighted by atomic mass is 127. The molecule has 9 heteroatoms. The summed E-state index contributed by atoms with van der Waals surface area (Å²) < 4.78 is 2.81. The summed E-state index contributed by atoms with van der Waals surface area (Å²) in [5.74, 6) is 0.207. The fourth-order valence-corrected chi connectivity index (χ4v) is 3.66. The molecule has 0 radical (unpaired) electrons. The van der Waals surface area contributed by atoms with Crippen LogP contribution in [-0.2, 0) is 4.79 Å². The lowest BCUT2D eigenvalue weighted by atomic mass is 10.1. The highest BCUT2D eigenvalue weighted by molar-refractivity contribution is 14.1. The quantitative estimate of drug-likeness (QED) is 0.589. The van der Waals surface area contributed by atoms with E-state index in [1.54, 1.807) is 10.9 Å². The van der Waals surface area contributed by atoms with Crippen molar-refractivity contribution in [2.24, 2.45) is 11.7 Å². The number of nitrogens with one attached hydrogen (secondary N) is 1. The minimum atomic E-state index is -0.235. The number of rotatable bonds is 4. The lowest BCUT2D eigenvalue weighted by molar-refractivity contribution is -0.121. The van der Waals surface area contributed by atoms with Crippen molar-refractivity contribution in [3.8, 4) is 5.69 Å². The molecule has 1 aromatic carbocycles. The number of carbonyl (C=O) groups is 1. The molecule has 0 unspecified atom stereocenters. The number of nitrogens with zero attached hydrogens (tertiary/aromatic N) is 5. The van der Waals surface area contributed by atoms with Gasteiger partial charge in [0.1, 0.15) is 0 Å². The van der Waals surface area contributed by atoms with Crippen molar-refractivity contribution >= 4 is 45.6 Å². The second kappa shape index (κ2) is 6.54. The van der Waals surface area contributed by atoms with Gasteiger partial charge in [0.25, 0.3) is 0 Å². The van der Waals surface area contributed by atoms with Gasteiger partial charge in [0.2, 0.25) is 11.9 Å². The average molecular weight is 449 g/mol. The summed E-state index contributed by atoms with van der Waals surface area (Å²) in [5.41, 5.74) is 7.56. The van der Waals surface area contributed by atoms with Gasteiger partial charge in [0.15, 0.2) is 11.2 Å². The molecule has 2 atom stereocenters. The first-order chi connectivity index (χ1) is 12.1. The molecular weight excluding hydrogens is 433 g/mol. The summed E-state index contributed by atoms with van der Waals surface area (Å²) >= 11 is 2.26. The Morgan fingerprint density at radius 3 is 3.00 bits per heavy atom. The first-order valence-electron chi connectivity index (χ1n) is 8.00. The second-order valence-corrected chi connectivity index (χ2v) is 7.38. The van der Waals surface area contributed by atoms with Gasteiger partial charge >= 0.3 is 0 Å². The fourth-order valence-electron chi connectivity index (χ4n) is 3.13. The molecule has 3 aromatic rings. The molecule has 8 nitrogen and oxygen atoms in total. The van der Waals surface area contributed by atoms with E-state index in [9.17, 15) is 4.79 Å². The average Bonchev–Trinajstić information content (AvgIpc) is 3.21. The normalized spacial score (nSPS) is 20.0. The molecule has 3 N–H and O–H groups in total. The largest absolute Gasteiger partial charge is 0.369 e. The summed E-state index contributed by atoms with van der Waals surface area (Å²) in [7, 11) is 0. The molecule has 0 spiro atoms. The first kappa shape index (κ1) is 16.2. The topological polar surface area (TPSA) is 112 Å². The predicted octanol–water partition coefficient (Wildman–Crippen LogP) is 1.88. The second-order valence-electron chi connectivity index (χ2n) is 6.14. The molecule has 1 saturated carbocycles. The molecule has 0 aliphatic heterocycles. The number of nitrogens with two attached hydrogens (primary N) is 1. The number of hydrogen-bond donors (Lipinski definition) is 2. The third kappa shape index (κ3) is 3.28. The van der Waals surface area contributed by atoms with Crippen molar-refractivity contribution < 1.29 is 4.79 Å². The van der Waals surface area contributed by atoms with Gasteiger partial charge < -0.3 is 11.1 Å². The van der Waals surface area contributed by atoms with Crippen LogP contribution in [0.15, 0.2) is 30.5 Å². The SMILES string of the molecule is NC(=O)[C@@H]1CC[C@@H](Nc2ncc3nnn(-c4cccc(I)c4)c3n2)C1. The first-order valence-corrected chi connectivity index (χ1v) is 9.08. The number of fused-ring (bicyclic) bond motifs is 1. The van der Waals surface area contributed by atoms with Crippen LogP contribution in [-0.4, -0.2) is 36.9 Å². The molecule has 1 aliphatic carbocycles. The van der Waals surface area contributed by atoms with Crippen LogP contribution in [0.25, 0.3) is 16.9 Å². The Kier molecular flexibility index (Phi) is 4.24. The molecule has 1 aliphatic rings. The van der Waals surface area contributed by atoms with Crippen LogP contribution in [0.3, 0.4) is 0 Å². The fraction of sp³-hybridized carbons (Fsp3) is 0.312. The minimum Gasteiger partial charge on any atom is -0.369 e. The Labute approximate surface area is 157 Å². The number of anilines is 1. The molecule has 4 rings (SSSR count). The van der Waals surface area contributed by atoms with Crippen molar-refractivity contribution in [3.63, 3.8) is 0 Å². The van der Waals surface area contributed by atoms with Crippen molar-refractivity contribution in [1.29, 1.82) is 0 Å². The summed E-state index contributed by atoms with van der Waals surface area (Å²) in [4.78, 5) is 20.2. The molecule has 0 bridgehead atoms. The van der Waals surface area contributed by atoms with E-state index >= 15 is 0 Å². The van der Waals surface area contributed by atoms with E-state index in [2.05, 4.69) is 48.2 Å². The van der Waals surface area contributed by atoms with Crippen LogP contribution < -0.4 is 11.1 Å². The van der Waals surface area contributed by atoms with Gasteiger partial charge in [-0.3, -0.25) is 4.79 Å². The molecule has 0 saturated heterocycles. The van der Waals surface area contributed by atoms with E-state index < -0.39 is 0 Å². The van der Waals surface area contributed by atoms with Gasteiger partial charge in [0, 0.05) is 15.5 Å². The van der Waals surface area contributed by atoms with Crippen LogP contribution in [0.4, 0.5) is 5.95 Å². The van der Waals surface area contributed by atoms with Crippen LogP contribution >= 0.6 is 22.6 Å². The third-order valence-corrected chi connectivity index (χ3v) is 5.08. The Hall–Kier alpha value is -2.30. The Bertz CT molecular complexity index is 941. The monoisotopic (exact) mass is 449 g/mol. The summed E-state index contributed by atoms with van der Waals surface area (Å²) in [5, 5.41) is 11.6. The third-order valence-electron chi connectivity index (χ3n) is 4.41. The number of benzene rings is 1. The van der Waals surface area contributed by atoms with Crippen molar-refractivity contribution in [2.75, 3.05) is 5.32 Å². The summed E-state index contributed by atoms with van der Waals surface area (Å²) in [6, 6.07) is 8.10. The van der Waals surface area contributed by atoms with E-state index in [4.69, 9.17) is 5.73 Å². The predicted molar refractivity (Wildman–Crippen MR) is 101 cm³/mol. The number of amides is 1. The van der Waals surface area contributed by atoms with E-state index in [0.717, 1.165) is 22.1 Å². The number of hydrogen-bond acceptors (Lipinski definition) is 6. The van der Waals surface area contributed by atoms with Gasteiger partial charge in [-0.25, -0.2) is 4.98 Å².